The molecule has 1 amide bonds. The molecule has 120 valence electrons. The maximum absolute atomic E-state index is 13.1. The van der Waals surface area contributed by atoms with Gasteiger partial charge < -0.3 is 4.74 Å². The quantitative estimate of drug-likeness (QED) is 0.622. The molecule has 0 heterocycles. The molecule has 0 N–H and O–H groups in total. The van der Waals surface area contributed by atoms with Crippen LogP contribution >= 0.6 is 0 Å². The number of ether oxygens (including phenoxy) is 1. The highest BCUT2D eigenvalue weighted by molar-refractivity contribution is 5.97. The lowest BCUT2D eigenvalue weighted by molar-refractivity contribution is -0.149. The van der Waals surface area contributed by atoms with Crippen molar-refractivity contribution in [1.29, 1.82) is 0 Å². The molecule has 0 saturated carbocycles. The molecule has 0 aliphatic rings. The van der Waals surface area contributed by atoms with Crippen molar-refractivity contribution in [2.45, 2.75) is 26.8 Å². The van der Waals surface area contributed by atoms with Gasteiger partial charge in [-0.1, -0.05) is 36.4 Å². The monoisotopic (exact) mass is 312 g/mol. The van der Waals surface area contributed by atoms with E-state index in [9.17, 15) is 9.59 Å². The van der Waals surface area contributed by atoms with E-state index in [1.165, 1.54) is 6.92 Å². The largest absolute Gasteiger partial charge is 0.451 e. The molecule has 0 bridgehead atoms. The summed E-state index contributed by atoms with van der Waals surface area (Å²) in [5.41, 5.74) is 1.71. The third-order valence-electron chi connectivity index (χ3n) is 3.89. The Kier molecular flexibility index (Phi) is 5.29. The van der Waals surface area contributed by atoms with Crippen LogP contribution in [0.1, 0.15) is 20.8 Å². The minimum atomic E-state index is -0.457. The molecular weight excluding hydrogens is 290 g/mol. The zero-order valence-corrected chi connectivity index (χ0v) is 13.7. The summed E-state index contributed by atoms with van der Waals surface area (Å²) in [7, 11) is 0. The van der Waals surface area contributed by atoms with Crippen molar-refractivity contribution in [3.8, 4) is 0 Å². The Morgan fingerprint density at radius 2 is 1.35 bits per heavy atom. The van der Waals surface area contributed by atoms with Crippen molar-refractivity contribution >= 4 is 23.3 Å². The lowest BCUT2D eigenvalue weighted by Gasteiger charge is -2.38. The van der Waals surface area contributed by atoms with Gasteiger partial charge in [0.25, 0.3) is 0 Å². The van der Waals surface area contributed by atoms with Crippen LogP contribution < -0.4 is 4.48 Å². The average molecular weight is 312 g/mol. The van der Waals surface area contributed by atoms with Gasteiger partial charge in [0.1, 0.15) is 17.4 Å². The first kappa shape index (κ1) is 16.9. The molecule has 0 saturated heterocycles. The normalized spacial score (nSPS) is 11.3. The summed E-state index contributed by atoms with van der Waals surface area (Å²) in [5.74, 6) is -0.631. The fraction of sp³-hybridized carbons (Fsp3) is 0.263. The van der Waals surface area contributed by atoms with E-state index >= 15 is 0 Å². The molecular formula is C19H22NO3+. The highest BCUT2D eigenvalue weighted by atomic mass is 16.5. The lowest BCUT2D eigenvalue weighted by Crippen LogP contribution is -2.56. The molecule has 2 rings (SSSR count). The number of esters is 1. The van der Waals surface area contributed by atoms with E-state index in [1.54, 1.807) is 0 Å². The molecule has 0 aliphatic heterocycles. The molecule has 4 heteroatoms. The van der Waals surface area contributed by atoms with E-state index < -0.39 is 5.97 Å². The van der Waals surface area contributed by atoms with Gasteiger partial charge >= 0.3 is 11.9 Å². The summed E-state index contributed by atoms with van der Waals surface area (Å²) in [6.45, 7) is 5.04. The fourth-order valence-corrected chi connectivity index (χ4v) is 2.91. The summed E-state index contributed by atoms with van der Waals surface area (Å²) in [6.07, 6.45) is 0. The molecule has 0 aromatic heterocycles. The Morgan fingerprint density at radius 3 is 1.70 bits per heavy atom. The van der Waals surface area contributed by atoms with Crippen molar-refractivity contribution in [1.82, 2.24) is 4.48 Å². The van der Waals surface area contributed by atoms with Crippen LogP contribution in [0.3, 0.4) is 0 Å². The number of nitrogens with zero attached hydrogens (tertiary/aromatic N) is 1. The SMILES string of the molecule is CC(=O)OCC(=O)[N+](c1ccccc1)(c1ccccc1)C(C)C. The zero-order chi connectivity index (χ0) is 16.9. The smallest absolute Gasteiger partial charge is 0.361 e. The van der Waals surface area contributed by atoms with E-state index in [1.807, 2.05) is 74.5 Å². The van der Waals surface area contributed by atoms with Crippen molar-refractivity contribution in [3.63, 3.8) is 0 Å². The van der Waals surface area contributed by atoms with Gasteiger partial charge in [-0.25, -0.2) is 4.79 Å². The molecule has 0 atom stereocenters. The number of carbonyl (C=O) groups excluding carboxylic acids is 2. The predicted octanol–water partition coefficient (Wildman–Crippen LogP) is 3.82. The van der Waals surface area contributed by atoms with Crippen LogP contribution in [0, 0.1) is 0 Å². The van der Waals surface area contributed by atoms with Gasteiger partial charge in [0.15, 0.2) is 0 Å². The average Bonchev–Trinajstić information content (AvgIpc) is 2.55. The van der Waals surface area contributed by atoms with E-state index in [-0.39, 0.29) is 23.0 Å². The van der Waals surface area contributed by atoms with E-state index in [4.69, 9.17) is 4.74 Å². The summed E-state index contributed by atoms with van der Waals surface area (Å²) in [4.78, 5) is 24.2. The fourth-order valence-electron chi connectivity index (χ4n) is 2.91. The predicted molar refractivity (Wildman–Crippen MR) is 91.1 cm³/mol. The molecule has 0 spiro atoms. The number of rotatable bonds is 5. The molecule has 0 unspecified atom stereocenters. The van der Waals surface area contributed by atoms with Crippen molar-refractivity contribution < 1.29 is 14.3 Å². The zero-order valence-electron chi connectivity index (χ0n) is 13.7. The maximum atomic E-state index is 13.1. The standard InChI is InChI=1S/C19H22NO3/c1-15(2)20(17-10-6-4-7-11-17,18-12-8-5-9-13-18)19(22)14-23-16(3)21/h4-13,15H,14H2,1-3H3/q+1. The second-order valence-corrected chi connectivity index (χ2v) is 5.66. The first-order valence-electron chi connectivity index (χ1n) is 7.66. The number of para-hydroxylation sites is 2. The summed E-state index contributed by atoms with van der Waals surface area (Å²) < 4.78 is 5.01. The molecule has 2 aromatic carbocycles. The second-order valence-electron chi connectivity index (χ2n) is 5.66. The molecule has 0 radical (unpaired) electrons. The Hall–Kier alpha value is -2.46. The van der Waals surface area contributed by atoms with Gasteiger partial charge in [-0.3, -0.25) is 4.79 Å². The van der Waals surface area contributed by atoms with Gasteiger partial charge in [0.2, 0.25) is 6.61 Å². The highest BCUT2D eigenvalue weighted by Crippen LogP contribution is 2.37. The van der Waals surface area contributed by atoms with Gasteiger partial charge in [-0.05, 0) is 13.8 Å². The first-order valence-corrected chi connectivity index (χ1v) is 7.66. The van der Waals surface area contributed by atoms with Crippen LogP contribution in [0.25, 0.3) is 0 Å². The Labute approximate surface area is 136 Å². The molecule has 2 aromatic rings. The minimum Gasteiger partial charge on any atom is -0.451 e. The van der Waals surface area contributed by atoms with Crippen molar-refractivity contribution in [2.75, 3.05) is 6.61 Å². The third kappa shape index (κ3) is 3.32. The van der Waals surface area contributed by atoms with Crippen molar-refractivity contribution in [3.05, 3.63) is 60.7 Å². The highest BCUT2D eigenvalue weighted by Gasteiger charge is 2.44. The Bertz CT molecular complexity index is 626. The van der Waals surface area contributed by atoms with Crippen LogP contribution in [0.2, 0.25) is 0 Å². The van der Waals surface area contributed by atoms with Gasteiger partial charge in [0.05, 0.1) is 0 Å². The van der Waals surface area contributed by atoms with Crippen LogP contribution in [-0.4, -0.2) is 24.5 Å². The van der Waals surface area contributed by atoms with E-state index in [0.717, 1.165) is 11.4 Å². The number of benzene rings is 2. The molecule has 0 fully saturated rings. The number of hydrogen-bond acceptors (Lipinski definition) is 3. The maximum Gasteiger partial charge on any atom is 0.361 e. The van der Waals surface area contributed by atoms with Crippen LogP contribution in [0.15, 0.2) is 60.7 Å². The Balaban J connectivity index is 2.61. The van der Waals surface area contributed by atoms with Gasteiger partial charge in [0, 0.05) is 31.2 Å². The summed E-state index contributed by atoms with van der Waals surface area (Å²) >= 11 is 0. The molecule has 4 nitrogen and oxygen atoms in total. The van der Waals surface area contributed by atoms with E-state index in [2.05, 4.69) is 0 Å². The molecule has 0 aliphatic carbocycles. The summed E-state index contributed by atoms with van der Waals surface area (Å²) in [6, 6.07) is 19.1. The Morgan fingerprint density at radius 1 is 0.913 bits per heavy atom. The lowest BCUT2D eigenvalue weighted by atomic mass is 10.1. The number of hydrogen-bond donors (Lipinski definition) is 0. The van der Waals surface area contributed by atoms with Crippen molar-refractivity contribution in [2.24, 2.45) is 0 Å². The van der Waals surface area contributed by atoms with Gasteiger partial charge in [-0.2, -0.15) is 4.48 Å². The van der Waals surface area contributed by atoms with Crippen LogP contribution in [0.5, 0.6) is 0 Å². The van der Waals surface area contributed by atoms with Gasteiger partial charge in [-0.15, -0.1) is 0 Å². The van der Waals surface area contributed by atoms with Crippen LogP contribution in [-0.2, 0) is 14.3 Å². The third-order valence-corrected chi connectivity index (χ3v) is 3.89. The number of carbonyl (C=O) groups is 2. The second kappa shape index (κ2) is 7.20. The van der Waals surface area contributed by atoms with E-state index in [0.29, 0.717) is 0 Å². The summed E-state index contributed by atoms with van der Waals surface area (Å²) in [5, 5.41) is 0. The number of quaternary nitrogens is 1. The van der Waals surface area contributed by atoms with Crippen LogP contribution in [0.4, 0.5) is 11.4 Å². The number of amides is 1. The first-order chi connectivity index (χ1) is 11.0. The molecule has 23 heavy (non-hydrogen) atoms. The minimum absolute atomic E-state index is 0.00889. The topological polar surface area (TPSA) is 43.4 Å².